The van der Waals surface area contributed by atoms with E-state index in [4.69, 9.17) is 10.5 Å². The molecule has 1 fully saturated rings. The fraction of sp³-hybridized carbons (Fsp3) is 0.571. The molecule has 0 amide bonds. The smallest absolute Gasteiger partial charge is 0.0608 e. The summed E-state index contributed by atoms with van der Waals surface area (Å²) >= 11 is 0. The molecule has 1 aromatic carbocycles. The average Bonchev–Trinajstić information content (AvgIpc) is 2.40. The van der Waals surface area contributed by atoms with E-state index in [1.165, 1.54) is 16.7 Å². The lowest BCUT2D eigenvalue weighted by atomic mass is 9.99. The number of nitrogens with two attached hydrogens (primary N) is 1. The van der Waals surface area contributed by atoms with Crippen LogP contribution in [0.3, 0.4) is 0 Å². The van der Waals surface area contributed by atoms with Crippen LogP contribution >= 0.6 is 0 Å². The molecule has 1 aliphatic rings. The highest BCUT2D eigenvalue weighted by Crippen LogP contribution is 2.19. The Kier molecular flexibility index (Phi) is 4.72. The van der Waals surface area contributed by atoms with E-state index in [0.717, 1.165) is 26.3 Å². The van der Waals surface area contributed by atoms with Crippen molar-refractivity contribution in [3.63, 3.8) is 0 Å². The first-order valence-corrected chi connectivity index (χ1v) is 6.57. The average molecular weight is 249 g/mol. The Bertz CT molecular complexity index is 389. The van der Waals surface area contributed by atoms with Crippen molar-refractivity contribution >= 4 is 0 Å². The molecule has 0 radical (unpaired) electrons. The first kappa shape index (κ1) is 13.5. The van der Waals surface area contributed by atoms with Crippen LogP contribution in [0.4, 0.5) is 0 Å². The molecule has 4 nitrogen and oxygen atoms in total. The number of nitrogens with one attached hydrogen (secondary N) is 1. The summed E-state index contributed by atoms with van der Waals surface area (Å²) in [7, 11) is 0. The molecule has 1 saturated heterocycles. The van der Waals surface area contributed by atoms with Crippen molar-refractivity contribution in [2.75, 3.05) is 32.8 Å². The highest BCUT2D eigenvalue weighted by Gasteiger charge is 2.17. The minimum absolute atomic E-state index is 0.183. The first-order chi connectivity index (χ1) is 8.70. The minimum Gasteiger partial charge on any atom is -0.379 e. The minimum atomic E-state index is 0.183. The van der Waals surface area contributed by atoms with Crippen LogP contribution < -0.4 is 11.2 Å². The Morgan fingerprint density at radius 2 is 2.06 bits per heavy atom. The van der Waals surface area contributed by atoms with Crippen LogP contribution in [0.2, 0.25) is 0 Å². The highest BCUT2D eigenvalue weighted by atomic mass is 16.5. The lowest BCUT2D eigenvalue weighted by Gasteiger charge is -2.32. The van der Waals surface area contributed by atoms with E-state index in [1.807, 2.05) is 0 Å². The normalized spacial score (nSPS) is 18.8. The van der Waals surface area contributed by atoms with Gasteiger partial charge in [0, 0.05) is 19.6 Å². The molecular weight excluding hydrogens is 226 g/mol. The van der Waals surface area contributed by atoms with Crippen LogP contribution in [-0.2, 0) is 4.74 Å². The van der Waals surface area contributed by atoms with E-state index in [1.54, 1.807) is 0 Å². The van der Waals surface area contributed by atoms with Gasteiger partial charge >= 0.3 is 0 Å². The first-order valence-electron chi connectivity index (χ1n) is 6.57. The Morgan fingerprint density at radius 3 is 2.72 bits per heavy atom. The maximum absolute atomic E-state index is 5.92. The number of aryl methyl sites for hydroxylation is 2. The van der Waals surface area contributed by atoms with Gasteiger partial charge in [0.05, 0.1) is 19.3 Å². The Labute approximate surface area is 109 Å². The number of morpholine rings is 1. The molecule has 1 aromatic rings. The fourth-order valence-corrected chi connectivity index (χ4v) is 2.30. The Hall–Kier alpha value is -0.940. The maximum atomic E-state index is 5.92. The summed E-state index contributed by atoms with van der Waals surface area (Å²) in [6.45, 7) is 8.27. The van der Waals surface area contributed by atoms with Crippen molar-refractivity contribution in [2.45, 2.75) is 19.9 Å². The standard InChI is InChI=1S/C14H23N3O/c1-11-3-4-12(2)13(9-11)14(10-15)16-17-5-7-18-8-6-17/h3-4,9,14,16H,5-8,10,15H2,1-2H3. The van der Waals surface area contributed by atoms with E-state index >= 15 is 0 Å². The summed E-state index contributed by atoms with van der Waals surface area (Å²) in [6.07, 6.45) is 0. The summed E-state index contributed by atoms with van der Waals surface area (Å²) in [4.78, 5) is 0. The molecule has 18 heavy (non-hydrogen) atoms. The SMILES string of the molecule is Cc1ccc(C)c(C(CN)NN2CCOCC2)c1. The molecule has 2 rings (SSSR count). The second-order valence-electron chi connectivity index (χ2n) is 4.88. The Balaban J connectivity index is 2.09. The largest absolute Gasteiger partial charge is 0.379 e. The van der Waals surface area contributed by atoms with E-state index < -0.39 is 0 Å². The molecule has 0 aromatic heterocycles. The summed E-state index contributed by atoms with van der Waals surface area (Å²) in [5, 5.41) is 2.21. The van der Waals surface area contributed by atoms with Gasteiger partial charge in [-0.2, -0.15) is 0 Å². The third-order valence-corrected chi connectivity index (χ3v) is 3.40. The summed E-state index contributed by atoms with van der Waals surface area (Å²) < 4.78 is 5.35. The van der Waals surface area contributed by atoms with Crippen molar-refractivity contribution in [3.05, 3.63) is 34.9 Å². The number of hydrogen-bond donors (Lipinski definition) is 2. The van der Waals surface area contributed by atoms with Gasteiger partial charge in [-0.25, -0.2) is 10.4 Å². The van der Waals surface area contributed by atoms with E-state index in [-0.39, 0.29) is 6.04 Å². The van der Waals surface area contributed by atoms with Gasteiger partial charge in [-0.3, -0.25) is 0 Å². The number of hydrogen-bond acceptors (Lipinski definition) is 4. The van der Waals surface area contributed by atoms with Gasteiger partial charge in [-0.05, 0) is 25.0 Å². The van der Waals surface area contributed by atoms with E-state index in [2.05, 4.69) is 42.5 Å². The van der Waals surface area contributed by atoms with Crippen LogP contribution in [0.25, 0.3) is 0 Å². The van der Waals surface area contributed by atoms with Crippen molar-refractivity contribution in [2.24, 2.45) is 5.73 Å². The quantitative estimate of drug-likeness (QED) is 0.840. The summed E-state index contributed by atoms with van der Waals surface area (Å²) in [6, 6.07) is 6.71. The second kappa shape index (κ2) is 6.29. The number of nitrogens with zero attached hydrogens (tertiary/aromatic N) is 1. The number of ether oxygens (including phenoxy) is 1. The van der Waals surface area contributed by atoms with Gasteiger partial charge in [0.25, 0.3) is 0 Å². The van der Waals surface area contributed by atoms with Crippen molar-refractivity contribution < 1.29 is 4.74 Å². The van der Waals surface area contributed by atoms with Gasteiger partial charge in [0.1, 0.15) is 0 Å². The molecule has 1 aliphatic heterocycles. The fourth-order valence-electron chi connectivity index (χ4n) is 2.30. The molecule has 0 saturated carbocycles. The molecule has 3 N–H and O–H groups in total. The molecule has 0 spiro atoms. The molecule has 1 unspecified atom stereocenters. The van der Waals surface area contributed by atoms with Gasteiger partial charge in [-0.15, -0.1) is 0 Å². The van der Waals surface area contributed by atoms with Gasteiger partial charge in [-0.1, -0.05) is 23.8 Å². The van der Waals surface area contributed by atoms with E-state index in [9.17, 15) is 0 Å². The molecule has 1 atom stereocenters. The van der Waals surface area contributed by atoms with Gasteiger partial charge < -0.3 is 10.5 Å². The van der Waals surface area contributed by atoms with Crippen molar-refractivity contribution in [1.29, 1.82) is 0 Å². The molecule has 0 aliphatic carbocycles. The molecule has 0 bridgehead atoms. The number of hydrazine groups is 1. The predicted molar refractivity (Wildman–Crippen MR) is 73.2 cm³/mol. The summed E-state index contributed by atoms with van der Waals surface area (Å²) in [5.74, 6) is 0. The van der Waals surface area contributed by atoms with Gasteiger partial charge in [0.2, 0.25) is 0 Å². The van der Waals surface area contributed by atoms with Crippen molar-refractivity contribution in [1.82, 2.24) is 10.4 Å². The van der Waals surface area contributed by atoms with Crippen molar-refractivity contribution in [3.8, 4) is 0 Å². The topological polar surface area (TPSA) is 50.5 Å². The highest BCUT2D eigenvalue weighted by molar-refractivity contribution is 5.33. The summed E-state index contributed by atoms with van der Waals surface area (Å²) in [5.41, 5.74) is 13.3. The predicted octanol–water partition coefficient (Wildman–Crippen LogP) is 1.14. The van der Waals surface area contributed by atoms with Crippen LogP contribution in [0, 0.1) is 13.8 Å². The molecule has 4 heteroatoms. The third kappa shape index (κ3) is 3.29. The van der Waals surface area contributed by atoms with Crippen LogP contribution in [-0.4, -0.2) is 37.9 Å². The van der Waals surface area contributed by atoms with Crippen LogP contribution in [0.5, 0.6) is 0 Å². The zero-order valence-corrected chi connectivity index (χ0v) is 11.3. The zero-order valence-electron chi connectivity index (χ0n) is 11.3. The van der Waals surface area contributed by atoms with Crippen LogP contribution in [0.15, 0.2) is 18.2 Å². The van der Waals surface area contributed by atoms with Crippen LogP contribution in [0.1, 0.15) is 22.7 Å². The van der Waals surface area contributed by atoms with E-state index in [0.29, 0.717) is 6.54 Å². The lowest BCUT2D eigenvalue weighted by Crippen LogP contribution is -2.48. The monoisotopic (exact) mass is 249 g/mol. The number of benzene rings is 1. The lowest BCUT2D eigenvalue weighted by molar-refractivity contribution is 0.00400. The van der Waals surface area contributed by atoms with Gasteiger partial charge in [0.15, 0.2) is 0 Å². The molecule has 100 valence electrons. The second-order valence-corrected chi connectivity index (χ2v) is 4.88. The Morgan fingerprint density at radius 1 is 1.33 bits per heavy atom. The zero-order chi connectivity index (χ0) is 13.0. The third-order valence-electron chi connectivity index (χ3n) is 3.40. The number of rotatable bonds is 4. The molecule has 1 heterocycles. The maximum Gasteiger partial charge on any atom is 0.0608 e. The molecular formula is C14H23N3O.